The molecule has 0 spiro atoms. The Bertz CT molecular complexity index is 460. The summed E-state index contributed by atoms with van der Waals surface area (Å²) >= 11 is 0. The lowest BCUT2D eigenvalue weighted by molar-refractivity contribution is -0.142. The van der Waals surface area contributed by atoms with E-state index in [2.05, 4.69) is 5.32 Å². The van der Waals surface area contributed by atoms with E-state index in [1.165, 1.54) is 0 Å². The van der Waals surface area contributed by atoms with Crippen molar-refractivity contribution in [3.05, 3.63) is 35.9 Å². The number of hydrogen-bond acceptors (Lipinski definition) is 3. The van der Waals surface area contributed by atoms with Crippen LogP contribution in [0.3, 0.4) is 0 Å². The Labute approximate surface area is 125 Å². The molecule has 0 radical (unpaired) electrons. The van der Waals surface area contributed by atoms with Crippen LogP contribution in [0.1, 0.15) is 25.8 Å². The lowest BCUT2D eigenvalue weighted by Gasteiger charge is -2.17. The highest BCUT2D eigenvalue weighted by molar-refractivity contribution is 5.82. The van der Waals surface area contributed by atoms with Crippen molar-refractivity contribution in [2.75, 3.05) is 6.54 Å². The van der Waals surface area contributed by atoms with Gasteiger partial charge in [-0.2, -0.15) is 0 Å². The number of aliphatic carboxylic acids is 1. The molecule has 4 N–H and O–H groups in total. The van der Waals surface area contributed by atoms with Crippen molar-refractivity contribution < 1.29 is 14.7 Å². The van der Waals surface area contributed by atoms with Gasteiger partial charge in [-0.15, -0.1) is 0 Å². The van der Waals surface area contributed by atoms with Crippen molar-refractivity contribution in [2.45, 2.75) is 32.7 Å². The van der Waals surface area contributed by atoms with E-state index in [0.717, 1.165) is 5.56 Å². The summed E-state index contributed by atoms with van der Waals surface area (Å²) in [4.78, 5) is 23.1. The number of nitrogens with one attached hydrogen (secondary N) is 1. The highest BCUT2D eigenvalue weighted by Crippen LogP contribution is 2.11. The third-order valence-electron chi connectivity index (χ3n) is 3.26. The van der Waals surface area contributed by atoms with Crippen molar-refractivity contribution in [3.8, 4) is 0 Å². The Hall–Kier alpha value is -1.88. The van der Waals surface area contributed by atoms with Crippen LogP contribution >= 0.6 is 0 Å². The molecule has 1 aromatic carbocycles. The molecule has 0 fully saturated rings. The molecule has 1 unspecified atom stereocenters. The molecule has 0 saturated carbocycles. The second-order valence-electron chi connectivity index (χ2n) is 5.71. The molecule has 1 rings (SSSR count). The zero-order valence-electron chi connectivity index (χ0n) is 12.6. The number of rotatable bonds is 8. The predicted molar refractivity (Wildman–Crippen MR) is 81.7 cm³/mol. The summed E-state index contributed by atoms with van der Waals surface area (Å²) in [5.74, 6) is -1.51. The minimum Gasteiger partial charge on any atom is -0.481 e. The third-order valence-corrected chi connectivity index (χ3v) is 3.26. The summed E-state index contributed by atoms with van der Waals surface area (Å²) in [5, 5.41) is 11.8. The highest BCUT2D eigenvalue weighted by Gasteiger charge is 2.21. The van der Waals surface area contributed by atoms with Gasteiger partial charge in [-0.1, -0.05) is 44.2 Å². The maximum Gasteiger partial charge on any atom is 0.308 e. The Balaban J connectivity index is 2.46. The molecule has 0 aliphatic heterocycles. The molecule has 0 aliphatic carbocycles. The molecule has 5 heteroatoms. The molecule has 0 bridgehead atoms. The maximum absolute atomic E-state index is 11.9. The predicted octanol–water partition coefficient (Wildman–Crippen LogP) is 1.42. The van der Waals surface area contributed by atoms with Gasteiger partial charge < -0.3 is 16.2 Å². The lowest BCUT2D eigenvalue weighted by atomic mass is 9.97. The lowest BCUT2D eigenvalue weighted by Crippen LogP contribution is -2.44. The number of carboxylic acids is 1. The first-order chi connectivity index (χ1) is 9.90. The number of carbonyl (C=O) groups excluding carboxylic acids is 1. The van der Waals surface area contributed by atoms with Crippen LogP contribution < -0.4 is 11.1 Å². The fourth-order valence-electron chi connectivity index (χ4n) is 2.16. The van der Waals surface area contributed by atoms with Gasteiger partial charge >= 0.3 is 5.97 Å². The molecule has 1 aromatic rings. The van der Waals surface area contributed by atoms with Crippen LogP contribution in [-0.2, 0) is 16.0 Å². The van der Waals surface area contributed by atoms with Crippen LogP contribution in [0, 0.1) is 11.8 Å². The van der Waals surface area contributed by atoms with Gasteiger partial charge in [0.05, 0.1) is 12.0 Å². The molecule has 116 valence electrons. The van der Waals surface area contributed by atoms with Crippen LogP contribution in [0.2, 0.25) is 0 Å². The van der Waals surface area contributed by atoms with Crippen LogP contribution in [0.25, 0.3) is 0 Å². The number of amides is 1. The van der Waals surface area contributed by atoms with Gasteiger partial charge in [-0.3, -0.25) is 9.59 Å². The third kappa shape index (κ3) is 6.40. The van der Waals surface area contributed by atoms with E-state index in [9.17, 15) is 9.59 Å². The maximum atomic E-state index is 11.9. The zero-order chi connectivity index (χ0) is 15.8. The van der Waals surface area contributed by atoms with Gasteiger partial charge in [0.15, 0.2) is 0 Å². The quantitative estimate of drug-likeness (QED) is 0.675. The smallest absolute Gasteiger partial charge is 0.308 e. The van der Waals surface area contributed by atoms with Gasteiger partial charge in [-0.05, 0) is 24.3 Å². The Morgan fingerprint density at radius 1 is 1.24 bits per heavy atom. The van der Waals surface area contributed by atoms with Gasteiger partial charge in [-0.25, -0.2) is 0 Å². The van der Waals surface area contributed by atoms with E-state index in [4.69, 9.17) is 10.8 Å². The summed E-state index contributed by atoms with van der Waals surface area (Å²) < 4.78 is 0. The SMILES string of the molecule is CC(C)CC(CNC(=O)[C@H](N)Cc1ccccc1)C(=O)O. The first-order valence-corrected chi connectivity index (χ1v) is 7.20. The minimum atomic E-state index is -0.888. The second-order valence-corrected chi connectivity index (χ2v) is 5.71. The molecule has 21 heavy (non-hydrogen) atoms. The summed E-state index contributed by atoms with van der Waals surface area (Å²) in [6.45, 7) is 4.03. The van der Waals surface area contributed by atoms with E-state index in [0.29, 0.717) is 12.8 Å². The van der Waals surface area contributed by atoms with E-state index < -0.39 is 17.9 Å². The molecule has 0 heterocycles. The number of carboxylic acid groups (broad SMARTS) is 1. The monoisotopic (exact) mass is 292 g/mol. The Morgan fingerprint density at radius 2 is 1.86 bits per heavy atom. The number of nitrogens with two attached hydrogens (primary N) is 1. The molecule has 0 saturated heterocycles. The van der Waals surface area contributed by atoms with Gasteiger partial charge in [0.25, 0.3) is 0 Å². The number of hydrogen-bond donors (Lipinski definition) is 3. The van der Waals surface area contributed by atoms with E-state index in [1.807, 2.05) is 44.2 Å². The van der Waals surface area contributed by atoms with E-state index in [-0.39, 0.29) is 18.4 Å². The molecule has 0 aliphatic rings. The summed E-state index contributed by atoms with van der Waals surface area (Å²) in [6, 6.07) is 8.84. The summed E-state index contributed by atoms with van der Waals surface area (Å²) in [6.07, 6.45) is 0.970. The van der Waals surface area contributed by atoms with Crippen molar-refractivity contribution in [1.29, 1.82) is 0 Å². The van der Waals surface area contributed by atoms with Crippen LogP contribution in [0.5, 0.6) is 0 Å². The average Bonchev–Trinajstić information content (AvgIpc) is 2.43. The van der Waals surface area contributed by atoms with Gasteiger partial charge in [0.2, 0.25) is 5.91 Å². The first kappa shape index (κ1) is 17.2. The molecular formula is C16H24N2O3. The second kappa shape index (κ2) is 8.42. The largest absolute Gasteiger partial charge is 0.481 e. The van der Waals surface area contributed by atoms with E-state index in [1.54, 1.807) is 0 Å². The fourth-order valence-corrected chi connectivity index (χ4v) is 2.16. The fraction of sp³-hybridized carbons (Fsp3) is 0.500. The van der Waals surface area contributed by atoms with E-state index >= 15 is 0 Å². The average molecular weight is 292 g/mol. The van der Waals surface area contributed by atoms with Crippen LogP contribution in [-0.4, -0.2) is 29.6 Å². The summed E-state index contributed by atoms with van der Waals surface area (Å²) in [5.41, 5.74) is 6.84. The van der Waals surface area contributed by atoms with Gasteiger partial charge in [0, 0.05) is 6.54 Å². The van der Waals surface area contributed by atoms with Gasteiger partial charge in [0.1, 0.15) is 0 Å². The highest BCUT2D eigenvalue weighted by atomic mass is 16.4. The standard InChI is InChI=1S/C16H24N2O3/c1-11(2)8-13(16(20)21)10-18-15(19)14(17)9-12-6-4-3-5-7-12/h3-7,11,13-14H,8-10,17H2,1-2H3,(H,18,19)(H,20,21)/t13?,14-/m1/s1. The van der Waals surface area contributed by atoms with Crippen LogP contribution in [0.15, 0.2) is 30.3 Å². The normalized spacial score (nSPS) is 13.7. The van der Waals surface area contributed by atoms with Crippen molar-refractivity contribution in [1.82, 2.24) is 5.32 Å². The topological polar surface area (TPSA) is 92.4 Å². The molecule has 0 aromatic heterocycles. The molecule has 5 nitrogen and oxygen atoms in total. The summed E-state index contributed by atoms with van der Waals surface area (Å²) in [7, 11) is 0. The molecule has 1 amide bonds. The number of benzene rings is 1. The minimum absolute atomic E-state index is 0.120. The van der Waals surface area contributed by atoms with Crippen molar-refractivity contribution in [3.63, 3.8) is 0 Å². The first-order valence-electron chi connectivity index (χ1n) is 7.20. The zero-order valence-corrected chi connectivity index (χ0v) is 12.6. The molecule has 2 atom stereocenters. The van der Waals surface area contributed by atoms with Crippen molar-refractivity contribution in [2.24, 2.45) is 17.6 Å². The Kier molecular flexibility index (Phi) is 6.88. The van der Waals surface area contributed by atoms with Crippen LogP contribution in [0.4, 0.5) is 0 Å². The Morgan fingerprint density at radius 3 is 2.38 bits per heavy atom. The molecular weight excluding hydrogens is 268 g/mol. The van der Waals surface area contributed by atoms with Crippen molar-refractivity contribution >= 4 is 11.9 Å². The number of carbonyl (C=O) groups is 2.